The number of imidazole rings is 4. The Balaban J connectivity index is 0.000000176. The van der Waals surface area contributed by atoms with Crippen LogP contribution in [-0.2, 0) is 47.4 Å². The quantitative estimate of drug-likeness (QED) is 0.0177. The summed E-state index contributed by atoms with van der Waals surface area (Å²) in [6.45, 7) is 33.6. The van der Waals surface area contributed by atoms with E-state index in [0.29, 0.717) is 50.7 Å². The molecule has 15 rings (SSSR count). The zero-order valence-corrected chi connectivity index (χ0v) is 77.1. The van der Waals surface area contributed by atoms with Crippen molar-refractivity contribution in [2.45, 2.75) is 181 Å². The van der Waals surface area contributed by atoms with Gasteiger partial charge in [-0.15, -0.1) is 0 Å². The number of rotatable bonds is 22. The third-order valence-corrected chi connectivity index (χ3v) is 25.4. The molecular weight excluding hydrogens is 1690 g/mol. The fourth-order valence-corrected chi connectivity index (χ4v) is 17.2. The molecule has 6 aromatic carbocycles. The number of nitrogens with one attached hydrogen (secondary N) is 8. The fourth-order valence-electron chi connectivity index (χ4n) is 16.9. The number of halogens is 1. The fraction of sp³-hybridized carbons (Fsp3) is 0.417. The Morgan fingerprint density at radius 3 is 1.05 bits per heavy atom. The smallest absolute Gasteiger partial charge is 0.453 e. The van der Waals surface area contributed by atoms with Gasteiger partial charge in [-0.2, -0.15) is 0 Å². The molecule has 0 saturated carbocycles. The van der Waals surface area contributed by atoms with E-state index in [1.165, 1.54) is 28.4 Å². The number of H-pyrrole nitrogens is 4. The van der Waals surface area contributed by atoms with Crippen LogP contribution in [-0.4, -0.2) is 205 Å². The van der Waals surface area contributed by atoms with Crippen LogP contribution in [0.15, 0.2) is 175 Å². The Labute approximate surface area is 754 Å². The summed E-state index contributed by atoms with van der Waals surface area (Å²) >= 11 is 3.44. The van der Waals surface area contributed by atoms with Gasteiger partial charge in [0.15, 0.2) is 0 Å². The molecule has 30 nitrogen and oxygen atoms in total. The van der Waals surface area contributed by atoms with Gasteiger partial charge in [0.2, 0.25) is 23.6 Å². The van der Waals surface area contributed by atoms with E-state index in [-0.39, 0.29) is 82.7 Å². The molecule has 0 radical (unpaired) electrons. The Hall–Kier alpha value is -12.4. The highest BCUT2D eigenvalue weighted by atomic mass is 79.9. The maximum Gasteiger partial charge on any atom is 0.494 e. The predicted molar refractivity (Wildman–Crippen MR) is 494 cm³/mol. The molecule has 0 aliphatic carbocycles. The third kappa shape index (κ3) is 20.9. The molecule has 9 heterocycles. The molecule has 10 aromatic rings. The van der Waals surface area contributed by atoms with Gasteiger partial charge in [0, 0.05) is 41.8 Å². The lowest BCUT2D eigenvalue weighted by Gasteiger charge is -2.32. The molecule has 128 heavy (non-hydrogen) atoms. The molecule has 5 aliphatic heterocycles. The molecule has 674 valence electrons. The number of amides is 8. The van der Waals surface area contributed by atoms with Crippen molar-refractivity contribution in [1.29, 1.82) is 0 Å². The third-order valence-electron chi connectivity index (χ3n) is 24.9. The van der Waals surface area contributed by atoms with Crippen molar-refractivity contribution >= 4 is 98.1 Å². The topological polar surface area (TPSA) is 368 Å². The molecule has 0 unspecified atom stereocenters. The average Bonchev–Trinajstić information content (AvgIpc) is 1.65. The Morgan fingerprint density at radius 1 is 0.406 bits per heavy atom. The number of carbonyl (C=O) groups is 8. The van der Waals surface area contributed by atoms with Crippen LogP contribution in [0.1, 0.15) is 169 Å². The standard InChI is InChI=1S/C45H52N8O6.C30H39BN4O5.C21H25BrN4O3/c1-25(2)38(50-44(56)58-6)42(54)52-18-8-9-36(52)40-46-23-35(49-40)33-17-16-31-20-30(14-15-32(31)21-33)28-10-12-29(13-11-28)34-22-47-41(48-34)37-19-27(5)24-53(37)43(55)39(26(3)4)51-45(57)59-7;1-18(2)25(34-28(37)38-7)27(36)35-14-8-9-24(35)26-32-17-23(33-26)21-11-10-20-16-22(13-12-19(20)15-21)31-39-29(3,4)30(5,6)40-31;1-12(2)18(25-21(28)29-4)20(27)26-11-13(3)9-17(26)19-23-10-16(24-19)14-5-7-15(22)8-6-14/h10-17,20-23,25-26,36-39H,5,8-9,18-19,24H2,1-4,6-7H3,(H,46,49)(H,47,48)(H,50,56)(H,51,57);10-13,15-18,24-25H,8-9,14H2,1-7H3,(H,32,33)(H,34,37);5-8,10,12,17-18H,3,9,11H2,1-2,4H3,(H,23,24)(H,25,28)/t36-,37-,38-,39-;24-,25-;17-,18-/m000/s1. The number of nitrogens with zero attached hydrogens (tertiary/aromatic N) is 8. The highest BCUT2D eigenvalue weighted by Gasteiger charge is 2.52. The van der Waals surface area contributed by atoms with Crippen molar-refractivity contribution in [2.75, 3.05) is 54.6 Å². The van der Waals surface area contributed by atoms with E-state index in [4.69, 9.17) is 28.5 Å². The number of methoxy groups -OCH3 is 4. The number of hydrogen-bond donors (Lipinski definition) is 8. The van der Waals surface area contributed by atoms with Gasteiger partial charge in [-0.1, -0.05) is 187 Å². The number of fused-ring (bicyclic) bond motifs is 2. The van der Waals surface area contributed by atoms with Gasteiger partial charge < -0.3 is 89.1 Å². The Bertz CT molecular complexity index is 5720. The lowest BCUT2D eigenvalue weighted by atomic mass is 9.78. The van der Waals surface area contributed by atoms with Gasteiger partial charge in [0.25, 0.3) is 0 Å². The van der Waals surface area contributed by atoms with Crippen LogP contribution in [0.25, 0.3) is 77.7 Å². The van der Waals surface area contributed by atoms with E-state index in [0.717, 1.165) is 136 Å². The number of aromatic amines is 4. The first kappa shape index (κ1) is 93.2. The summed E-state index contributed by atoms with van der Waals surface area (Å²) in [4.78, 5) is 141. The van der Waals surface area contributed by atoms with E-state index in [1.807, 2.05) is 102 Å². The summed E-state index contributed by atoms with van der Waals surface area (Å²) in [6.07, 6.45) is 9.20. The number of aromatic nitrogens is 8. The van der Waals surface area contributed by atoms with Crippen molar-refractivity contribution in [3.63, 3.8) is 0 Å². The van der Waals surface area contributed by atoms with Gasteiger partial charge in [-0.3, -0.25) is 19.2 Å². The van der Waals surface area contributed by atoms with Crippen LogP contribution in [0.5, 0.6) is 0 Å². The summed E-state index contributed by atoms with van der Waals surface area (Å²) in [7, 11) is 4.75. The molecule has 5 aliphatic rings. The van der Waals surface area contributed by atoms with Crippen molar-refractivity contribution < 1.29 is 66.6 Å². The molecule has 0 bridgehead atoms. The monoisotopic (exact) mass is 1810 g/mol. The van der Waals surface area contributed by atoms with E-state index < -0.39 is 55.7 Å². The van der Waals surface area contributed by atoms with Gasteiger partial charge in [0.05, 0.1) is 111 Å². The molecule has 0 spiro atoms. The second-order valence-electron chi connectivity index (χ2n) is 35.7. The minimum Gasteiger partial charge on any atom is -0.453 e. The van der Waals surface area contributed by atoms with Crippen molar-refractivity contribution in [2.24, 2.45) is 23.7 Å². The first-order valence-electron chi connectivity index (χ1n) is 43.5. The summed E-state index contributed by atoms with van der Waals surface area (Å²) in [6, 6.07) is 37.7. The van der Waals surface area contributed by atoms with Crippen LogP contribution in [0, 0.1) is 23.7 Å². The summed E-state index contributed by atoms with van der Waals surface area (Å²) in [5.74, 6) is 1.78. The average molecular weight is 1810 g/mol. The zero-order chi connectivity index (χ0) is 91.9. The van der Waals surface area contributed by atoms with Crippen molar-refractivity contribution in [1.82, 2.24) is 80.7 Å². The van der Waals surface area contributed by atoms with Crippen LogP contribution in [0.3, 0.4) is 0 Å². The zero-order valence-electron chi connectivity index (χ0n) is 75.5. The first-order valence-corrected chi connectivity index (χ1v) is 44.3. The SMILES string of the molecule is C=C1C[C@@H](c2ncc(-c3ccc(-c4ccc5cc(-c6cnc([C@@H]7CCCN7C(=O)[C@@H](NC(=O)OC)C(C)C)[nH]6)ccc5c4)cc3)[nH]2)N(C(=O)[C@@H](NC(=O)OC)C(C)C)C1.C=C1C[C@@H](c2ncc(-c3ccc(Br)cc3)[nH]2)N(C(=O)[C@@H](NC(=O)OC)C(C)C)C1.COC(=O)N[C@H](C(=O)N1CCC[C@H]1c1ncc(-c2ccc3cc(B4OC(C)(C)C(C)(C)O4)ccc3c2)[nH]1)C(C)C. The van der Waals surface area contributed by atoms with Crippen LogP contribution >= 0.6 is 15.9 Å². The second-order valence-corrected chi connectivity index (χ2v) is 36.6. The first-order chi connectivity index (χ1) is 61.0. The van der Waals surface area contributed by atoms with E-state index in [1.54, 1.807) is 22.2 Å². The maximum absolute atomic E-state index is 13.7. The lowest BCUT2D eigenvalue weighted by molar-refractivity contribution is -0.136. The van der Waals surface area contributed by atoms with Crippen molar-refractivity contribution in [3.8, 4) is 56.2 Å². The Morgan fingerprint density at radius 2 is 0.695 bits per heavy atom. The number of alkyl carbamates (subject to hydrolysis) is 4. The maximum atomic E-state index is 13.7. The number of hydrogen-bond acceptors (Lipinski definition) is 18. The van der Waals surface area contributed by atoms with Crippen molar-refractivity contribution in [3.05, 3.63) is 198 Å². The minimum atomic E-state index is -0.740. The summed E-state index contributed by atoms with van der Waals surface area (Å²) in [5, 5.41) is 15.1. The summed E-state index contributed by atoms with van der Waals surface area (Å²) < 4.78 is 32.4. The number of carbonyl (C=O) groups excluding carboxylic acids is 8. The minimum absolute atomic E-state index is 0.0806. The molecule has 32 heteroatoms. The molecular formula is C96H116BBrN16O14. The van der Waals surface area contributed by atoms with Gasteiger partial charge in [0.1, 0.15) is 47.5 Å². The van der Waals surface area contributed by atoms with Gasteiger partial charge in [-0.25, -0.2) is 39.1 Å². The van der Waals surface area contributed by atoms with Gasteiger partial charge >= 0.3 is 31.5 Å². The number of likely N-dealkylation sites (tertiary alicyclic amines) is 4. The molecule has 4 aromatic heterocycles. The predicted octanol–water partition coefficient (Wildman–Crippen LogP) is 16.2. The highest BCUT2D eigenvalue weighted by molar-refractivity contribution is 9.10. The number of ether oxygens (including phenoxy) is 4. The molecule has 8 amide bonds. The van der Waals surface area contributed by atoms with Crippen LogP contribution in [0.4, 0.5) is 19.2 Å². The number of benzene rings is 6. The largest absolute Gasteiger partial charge is 0.494 e. The summed E-state index contributed by atoms with van der Waals surface area (Å²) in [5.41, 5.74) is 11.7. The van der Waals surface area contributed by atoms with E-state index >= 15 is 0 Å². The molecule has 5 saturated heterocycles. The second kappa shape index (κ2) is 39.9. The van der Waals surface area contributed by atoms with E-state index in [9.17, 15) is 38.4 Å². The highest BCUT2D eigenvalue weighted by Crippen LogP contribution is 2.42. The van der Waals surface area contributed by atoms with Crippen LogP contribution in [0.2, 0.25) is 0 Å². The normalized spacial score (nSPS) is 18.6. The molecule has 5 fully saturated rings. The molecule has 8 atom stereocenters. The lowest BCUT2D eigenvalue weighted by Crippen LogP contribution is -2.51. The Kier molecular flexibility index (Phi) is 29.0. The molecule has 8 N–H and O–H groups in total. The van der Waals surface area contributed by atoms with Gasteiger partial charge in [-0.05, 0) is 169 Å². The van der Waals surface area contributed by atoms with Crippen LogP contribution < -0.4 is 26.7 Å². The van der Waals surface area contributed by atoms with E-state index in [2.05, 4.69) is 215 Å².